The lowest BCUT2D eigenvalue weighted by Crippen LogP contribution is -2.13. The maximum Gasteiger partial charge on any atom is 0.262 e. The van der Waals surface area contributed by atoms with E-state index < -0.39 is 10.0 Å². The number of benzene rings is 2. The summed E-state index contributed by atoms with van der Waals surface area (Å²) in [6.07, 6.45) is 2.16. The number of allylic oxidation sites excluding steroid dienone is 1. The van der Waals surface area contributed by atoms with Crippen LogP contribution in [0.3, 0.4) is 0 Å². The molecule has 0 bridgehead atoms. The molecule has 7 heteroatoms. The fourth-order valence-electron chi connectivity index (χ4n) is 2.42. The third kappa shape index (κ3) is 3.06. The number of anilines is 1. The zero-order valence-electron chi connectivity index (χ0n) is 11.7. The van der Waals surface area contributed by atoms with Gasteiger partial charge in [0.05, 0.1) is 21.2 Å². The first kappa shape index (κ1) is 15.9. The van der Waals surface area contributed by atoms with Gasteiger partial charge in [0.2, 0.25) is 0 Å². The second kappa shape index (κ2) is 5.89. The van der Waals surface area contributed by atoms with Crippen molar-refractivity contribution in [3.63, 3.8) is 0 Å². The fraction of sp³-hybridized carbons (Fsp3) is 0.0625. The molecule has 0 saturated carbocycles. The van der Waals surface area contributed by atoms with Crippen molar-refractivity contribution in [3.05, 3.63) is 69.2 Å². The minimum atomic E-state index is -3.75. The van der Waals surface area contributed by atoms with E-state index in [-0.39, 0.29) is 15.5 Å². The van der Waals surface area contributed by atoms with Gasteiger partial charge in [-0.3, -0.25) is 4.72 Å². The Labute approximate surface area is 144 Å². The van der Waals surface area contributed by atoms with Crippen molar-refractivity contribution in [3.8, 4) is 6.07 Å². The van der Waals surface area contributed by atoms with E-state index in [2.05, 4.69) is 4.72 Å². The zero-order valence-corrected chi connectivity index (χ0v) is 14.0. The van der Waals surface area contributed by atoms with Crippen molar-refractivity contribution in [2.45, 2.75) is 6.42 Å². The summed E-state index contributed by atoms with van der Waals surface area (Å²) in [4.78, 5) is 0.213. The average molecular weight is 365 g/mol. The van der Waals surface area contributed by atoms with Crippen molar-refractivity contribution in [2.24, 2.45) is 0 Å². The van der Waals surface area contributed by atoms with Gasteiger partial charge in [-0.25, -0.2) is 8.42 Å². The third-order valence-corrected chi connectivity index (χ3v) is 5.49. The smallest absolute Gasteiger partial charge is 0.262 e. The van der Waals surface area contributed by atoms with E-state index in [1.54, 1.807) is 24.3 Å². The lowest BCUT2D eigenvalue weighted by Gasteiger charge is -2.11. The van der Waals surface area contributed by atoms with E-state index in [1.807, 2.05) is 6.07 Å². The Hall–Kier alpha value is -2.00. The molecular weight excluding hydrogens is 355 g/mol. The standard InChI is InChI=1S/C16H10Cl2N2O2S/c17-12-3-5-14-10(7-12)2-6-16(14)23(21,22)20-13-4-1-11(9-19)15(18)8-13/h1,3-8,20H,2H2. The number of nitrogens with one attached hydrogen (secondary N) is 1. The van der Waals surface area contributed by atoms with E-state index in [0.717, 1.165) is 5.56 Å². The molecule has 0 heterocycles. The molecule has 2 aromatic carbocycles. The van der Waals surface area contributed by atoms with Gasteiger partial charge in [-0.2, -0.15) is 5.26 Å². The van der Waals surface area contributed by atoms with Crippen molar-refractivity contribution in [1.29, 1.82) is 5.26 Å². The van der Waals surface area contributed by atoms with Gasteiger partial charge < -0.3 is 0 Å². The summed E-state index contributed by atoms with van der Waals surface area (Å²) in [5.41, 5.74) is 2.10. The Bertz CT molecular complexity index is 976. The van der Waals surface area contributed by atoms with Crippen LogP contribution in [-0.4, -0.2) is 8.42 Å². The van der Waals surface area contributed by atoms with Crippen LogP contribution < -0.4 is 4.72 Å². The van der Waals surface area contributed by atoms with Gasteiger partial charge in [-0.05, 0) is 47.9 Å². The highest BCUT2D eigenvalue weighted by molar-refractivity contribution is 8.01. The number of hydrogen-bond donors (Lipinski definition) is 1. The highest BCUT2D eigenvalue weighted by Crippen LogP contribution is 2.34. The van der Waals surface area contributed by atoms with E-state index in [1.165, 1.54) is 18.2 Å². The third-order valence-electron chi connectivity index (χ3n) is 3.47. The number of halogens is 2. The van der Waals surface area contributed by atoms with Gasteiger partial charge >= 0.3 is 0 Å². The van der Waals surface area contributed by atoms with Crippen LogP contribution in [0.1, 0.15) is 16.7 Å². The predicted molar refractivity (Wildman–Crippen MR) is 91.8 cm³/mol. The molecule has 0 saturated heterocycles. The van der Waals surface area contributed by atoms with Gasteiger partial charge in [-0.1, -0.05) is 35.3 Å². The molecular formula is C16H10Cl2N2O2S. The summed E-state index contributed by atoms with van der Waals surface area (Å²) in [5, 5.41) is 9.62. The van der Waals surface area contributed by atoms with Crippen LogP contribution in [0.15, 0.2) is 42.5 Å². The first-order valence-corrected chi connectivity index (χ1v) is 8.86. The van der Waals surface area contributed by atoms with E-state index >= 15 is 0 Å². The minimum Gasteiger partial charge on any atom is -0.280 e. The summed E-state index contributed by atoms with van der Waals surface area (Å²) in [6.45, 7) is 0. The first-order valence-electron chi connectivity index (χ1n) is 6.62. The van der Waals surface area contributed by atoms with Gasteiger partial charge in [0.25, 0.3) is 10.0 Å². The summed E-state index contributed by atoms with van der Waals surface area (Å²) in [6, 6.07) is 11.4. The van der Waals surface area contributed by atoms with Crippen molar-refractivity contribution < 1.29 is 8.42 Å². The van der Waals surface area contributed by atoms with E-state index in [9.17, 15) is 8.42 Å². The molecule has 2 aromatic rings. The predicted octanol–water partition coefficient (Wildman–Crippen LogP) is 4.20. The van der Waals surface area contributed by atoms with Gasteiger partial charge in [0.1, 0.15) is 6.07 Å². The van der Waals surface area contributed by atoms with Crippen LogP contribution in [0.2, 0.25) is 10.0 Å². The van der Waals surface area contributed by atoms with Crippen LogP contribution in [0.25, 0.3) is 4.91 Å². The quantitative estimate of drug-likeness (QED) is 0.886. The van der Waals surface area contributed by atoms with E-state index in [0.29, 0.717) is 22.7 Å². The number of rotatable bonds is 3. The van der Waals surface area contributed by atoms with Gasteiger partial charge in [-0.15, -0.1) is 0 Å². The van der Waals surface area contributed by atoms with Crippen LogP contribution in [0.5, 0.6) is 0 Å². The SMILES string of the molecule is N#Cc1ccc(NS(=O)(=O)C2=CCc3cc(Cl)ccc32)cc1Cl. The number of hydrogen-bond acceptors (Lipinski definition) is 3. The van der Waals surface area contributed by atoms with Gasteiger partial charge in [0, 0.05) is 5.02 Å². The summed E-state index contributed by atoms with van der Waals surface area (Å²) in [5.74, 6) is 0. The molecule has 4 nitrogen and oxygen atoms in total. The Morgan fingerprint density at radius 2 is 1.91 bits per heavy atom. The number of nitriles is 1. The molecule has 0 aliphatic heterocycles. The molecule has 23 heavy (non-hydrogen) atoms. The summed E-state index contributed by atoms with van der Waals surface area (Å²) in [7, 11) is -3.75. The van der Waals surface area contributed by atoms with Crippen LogP contribution in [-0.2, 0) is 16.4 Å². The lowest BCUT2D eigenvalue weighted by molar-refractivity contribution is 0.610. The zero-order chi connectivity index (χ0) is 16.6. The first-order chi connectivity index (χ1) is 10.9. The Kier molecular flexibility index (Phi) is 4.07. The molecule has 0 fully saturated rings. The molecule has 1 N–H and O–H groups in total. The molecule has 116 valence electrons. The Balaban J connectivity index is 1.93. The number of sulfonamides is 1. The summed E-state index contributed by atoms with van der Waals surface area (Å²) < 4.78 is 27.7. The van der Waals surface area contributed by atoms with Crippen LogP contribution in [0.4, 0.5) is 5.69 Å². The molecule has 0 spiro atoms. The molecule has 0 atom stereocenters. The maximum absolute atomic E-state index is 12.6. The Morgan fingerprint density at radius 1 is 1.13 bits per heavy atom. The molecule has 1 aliphatic carbocycles. The number of fused-ring (bicyclic) bond motifs is 1. The van der Waals surface area contributed by atoms with Crippen molar-refractivity contribution in [1.82, 2.24) is 0 Å². The molecule has 0 unspecified atom stereocenters. The fourth-order valence-corrected chi connectivity index (χ4v) is 4.17. The second-order valence-electron chi connectivity index (χ2n) is 4.99. The largest absolute Gasteiger partial charge is 0.280 e. The monoisotopic (exact) mass is 364 g/mol. The molecule has 0 radical (unpaired) electrons. The molecule has 1 aliphatic rings. The molecule has 0 aromatic heterocycles. The second-order valence-corrected chi connectivity index (χ2v) is 7.48. The summed E-state index contributed by atoms with van der Waals surface area (Å²) >= 11 is 11.9. The molecule has 0 amide bonds. The van der Waals surface area contributed by atoms with Crippen LogP contribution in [0, 0.1) is 11.3 Å². The van der Waals surface area contributed by atoms with Crippen LogP contribution >= 0.6 is 23.2 Å². The van der Waals surface area contributed by atoms with Crippen molar-refractivity contribution in [2.75, 3.05) is 4.72 Å². The average Bonchev–Trinajstić information content (AvgIpc) is 2.90. The van der Waals surface area contributed by atoms with E-state index in [4.69, 9.17) is 28.5 Å². The molecule has 3 rings (SSSR count). The highest BCUT2D eigenvalue weighted by atomic mass is 35.5. The normalized spacial score (nSPS) is 13.2. The number of nitrogens with zero attached hydrogens (tertiary/aromatic N) is 1. The van der Waals surface area contributed by atoms with Gasteiger partial charge in [0.15, 0.2) is 0 Å². The van der Waals surface area contributed by atoms with Crippen molar-refractivity contribution >= 4 is 43.8 Å². The minimum absolute atomic E-state index is 0.195. The Morgan fingerprint density at radius 3 is 2.61 bits per heavy atom. The lowest BCUT2D eigenvalue weighted by atomic mass is 10.1. The highest BCUT2D eigenvalue weighted by Gasteiger charge is 2.26. The maximum atomic E-state index is 12.6. The topological polar surface area (TPSA) is 70.0 Å².